The SMILES string of the molecule is COc1cccc(CN(C)C(=O)c2cc3ccc(-c4cn[nH]c4)nc3[nH]2)c1.O=C(O)C(F)(F)F. The Kier molecular flexibility index (Phi) is 7.19. The van der Waals surface area contributed by atoms with E-state index in [0.29, 0.717) is 17.9 Å². The first-order chi connectivity index (χ1) is 16.1. The fourth-order valence-electron chi connectivity index (χ4n) is 2.99. The number of rotatable bonds is 5. The summed E-state index contributed by atoms with van der Waals surface area (Å²) < 4.78 is 37.0. The van der Waals surface area contributed by atoms with Gasteiger partial charge in [0.15, 0.2) is 0 Å². The van der Waals surface area contributed by atoms with Crippen molar-refractivity contribution in [2.45, 2.75) is 12.7 Å². The van der Waals surface area contributed by atoms with Crippen molar-refractivity contribution in [3.8, 4) is 17.0 Å². The number of alkyl halides is 3. The van der Waals surface area contributed by atoms with Crippen LogP contribution in [-0.2, 0) is 11.3 Å². The molecule has 178 valence electrons. The number of carboxylic acid groups (broad SMARTS) is 1. The Labute approximate surface area is 191 Å². The minimum absolute atomic E-state index is 0.0966. The fourth-order valence-corrected chi connectivity index (χ4v) is 2.99. The number of pyridine rings is 1. The highest BCUT2D eigenvalue weighted by Crippen LogP contribution is 2.21. The van der Waals surface area contributed by atoms with Gasteiger partial charge in [0.25, 0.3) is 5.91 Å². The molecular weight excluding hydrogens is 455 g/mol. The average Bonchev–Trinajstić information content (AvgIpc) is 3.48. The molecule has 12 heteroatoms. The third-order valence-corrected chi connectivity index (χ3v) is 4.65. The molecule has 0 fully saturated rings. The lowest BCUT2D eigenvalue weighted by Gasteiger charge is -2.16. The van der Waals surface area contributed by atoms with Crippen molar-refractivity contribution in [3.63, 3.8) is 0 Å². The van der Waals surface area contributed by atoms with Gasteiger partial charge in [-0.25, -0.2) is 9.78 Å². The van der Waals surface area contributed by atoms with E-state index in [0.717, 1.165) is 28.0 Å². The lowest BCUT2D eigenvalue weighted by atomic mass is 10.2. The number of hydrogen-bond acceptors (Lipinski definition) is 5. The van der Waals surface area contributed by atoms with E-state index in [-0.39, 0.29) is 5.91 Å². The Bertz CT molecular complexity index is 1290. The number of nitrogens with one attached hydrogen (secondary N) is 2. The largest absolute Gasteiger partial charge is 0.497 e. The summed E-state index contributed by atoms with van der Waals surface area (Å²) in [6.07, 6.45) is -1.59. The zero-order valence-corrected chi connectivity index (χ0v) is 18.1. The molecule has 0 saturated heterocycles. The molecule has 0 saturated carbocycles. The average molecular weight is 475 g/mol. The number of hydrogen-bond donors (Lipinski definition) is 3. The number of aromatic nitrogens is 4. The first-order valence-electron chi connectivity index (χ1n) is 9.76. The standard InChI is InChI=1S/C20H19N5O2.C2HF3O2/c1-25(12-13-4-3-5-16(8-13)27-2)20(26)18-9-14-6-7-17(23-19(14)24-18)15-10-21-22-11-15;3-2(4,5)1(6)7/h3-11H,12H2,1-2H3,(H,21,22)(H,23,24);(H,6,7). The smallest absolute Gasteiger partial charge is 0.490 e. The second-order valence-electron chi connectivity index (χ2n) is 7.12. The van der Waals surface area contributed by atoms with Crippen molar-refractivity contribution in [2.75, 3.05) is 14.2 Å². The number of fused-ring (bicyclic) bond motifs is 1. The molecule has 1 aromatic carbocycles. The molecule has 34 heavy (non-hydrogen) atoms. The van der Waals surface area contributed by atoms with Crippen LogP contribution in [0, 0.1) is 0 Å². The van der Waals surface area contributed by atoms with Crippen LogP contribution in [0.15, 0.2) is 54.9 Å². The number of carbonyl (C=O) groups is 2. The monoisotopic (exact) mass is 475 g/mol. The molecule has 0 spiro atoms. The minimum atomic E-state index is -5.08. The summed E-state index contributed by atoms with van der Waals surface area (Å²) in [6, 6.07) is 13.4. The topological polar surface area (TPSA) is 124 Å². The summed E-state index contributed by atoms with van der Waals surface area (Å²) in [7, 11) is 3.40. The second-order valence-corrected chi connectivity index (χ2v) is 7.12. The van der Waals surface area contributed by atoms with Crippen molar-refractivity contribution in [1.82, 2.24) is 25.1 Å². The number of methoxy groups -OCH3 is 1. The predicted octanol–water partition coefficient (Wildman–Crippen LogP) is 3.87. The maximum atomic E-state index is 12.8. The number of benzene rings is 1. The van der Waals surface area contributed by atoms with E-state index in [1.807, 2.05) is 42.5 Å². The summed E-state index contributed by atoms with van der Waals surface area (Å²) in [5, 5.41) is 14.7. The normalized spacial score (nSPS) is 11.0. The molecule has 1 amide bonds. The fraction of sp³-hybridized carbons (Fsp3) is 0.182. The Morgan fingerprint density at radius 2 is 1.91 bits per heavy atom. The van der Waals surface area contributed by atoms with E-state index in [1.165, 1.54) is 0 Å². The molecular formula is C22H20F3N5O4. The van der Waals surface area contributed by atoms with E-state index in [9.17, 15) is 18.0 Å². The van der Waals surface area contributed by atoms with Gasteiger partial charge in [0.05, 0.1) is 19.0 Å². The van der Waals surface area contributed by atoms with Crippen LogP contribution in [0.2, 0.25) is 0 Å². The van der Waals surface area contributed by atoms with Gasteiger partial charge in [-0.2, -0.15) is 18.3 Å². The number of ether oxygens (including phenoxy) is 1. The first-order valence-corrected chi connectivity index (χ1v) is 9.76. The molecule has 3 heterocycles. The summed E-state index contributed by atoms with van der Waals surface area (Å²) in [6.45, 7) is 0.485. The lowest BCUT2D eigenvalue weighted by molar-refractivity contribution is -0.192. The number of aromatic amines is 2. The van der Waals surface area contributed by atoms with Gasteiger partial charge >= 0.3 is 12.1 Å². The van der Waals surface area contributed by atoms with Gasteiger partial charge in [0, 0.05) is 30.7 Å². The van der Waals surface area contributed by atoms with Crippen molar-refractivity contribution in [1.29, 1.82) is 0 Å². The van der Waals surface area contributed by atoms with Crippen LogP contribution in [0.25, 0.3) is 22.3 Å². The van der Waals surface area contributed by atoms with E-state index in [4.69, 9.17) is 14.6 Å². The van der Waals surface area contributed by atoms with Crippen LogP contribution in [0.1, 0.15) is 16.1 Å². The van der Waals surface area contributed by atoms with Gasteiger partial charge in [0.1, 0.15) is 17.1 Å². The van der Waals surface area contributed by atoms with E-state index >= 15 is 0 Å². The van der Waals surface area contributed by atoms with E-state index in [1.54, 1.807) is 31.5 Å². The van der Waals surface area contributed by atoms with Crippen molar-refractivity contribution < 1.29 is 32.6 Å². The summed E-state index contributed by atoms with van der Waals surface area (Å²) in [5.74, 6) is -2.08. The zero-order valence-electron chi connectivity index (χ0n) is 18.1. The van der Waals surface area contributed by atoms with Crippen LogP contribution in [0.4, 0.5) is 13.2 Å². The van der Waals surface area contributed by atoms with Gasteiger partial charge in [-0.1, -0.05) is 12.1 Å². The molecule has 0 atom stereocenters. The molecule has 0 aliphatic rings. The predicted molar refractivity (Wildman–Crippen MR) is 116 cm³/mol. The maximum Gasteiger partial charge on any atom is 0.490 e. The van der Waals surface area contributed by atoms with Crippen LogP contribution in [-0.4, -0.2) is 62.4 Å². The maximum absolute atomic E-state index is 12.8. The van der Waals surface area contributed by atoms with Crippen molar-refractivity contribution >= 4 is 22.9 Å². The zero-order chi connectivity index (χ0) is 24.9. The lowest BCUT2D eigenvalue weighted by Crippen LogP contribution is -2.26. The number of amides is 1. The number of carboxylic acids is 1. The van der Waals surface area contributed by atoms with Crippen LogP contribution < -0.4 is 4.74 Å². The molecule has 0 aliphatic carbocycles. The highest BCUT2D eigenvalue weighted by Gasteiger charge is 2.38. The molecule has 0 unspecified atom stereocenters. The van der Waals surface area contributed by atoms with Gasteiger partial charge in [-0.3, -0.25) is 9.89 Å². The third kappa shape index (κ3) is 5.91. The molecule has 9 nitrogen and oxygen atoms in total. The van der Waals surface area contributed by atoms with Gasteiger partial charge in [-0.05, 0) is 35.9 Å². The second kappa shape index (κ2) is 10.1. The number of halogens is 3. The molecule has 3 aromatic heterocycles. The van der Waals surface area contributed by atoms with Crippen LogP contribution >= 0.6 is 0 Å². The molecule has 4 rings (SSSR count). The number of nitrogens with zero attached hydrogens (tertiary/aromatic N) is 3. The highest BCUT2D eigenvalue weighted by atomic mass is 19.4. The van der Waals surface area contributed by atoms with E-state index < -0.39 is 12.1 Å². The van der Waals surface area contributed by atoms with Gasteiger partial charge in [-0.15, -0.1) is 0 Å². The third-order valence-electron chi connectivity index (χ3n) is 4.65. The summed E-state index contributed by atoms with van der Waals surface area (Å²) in [4.78, 5) is 31.1. The molecule has 0 radical (unpaired) electrons. The van der Waals surface area contributed by atoms with Gasteiger partial charge in [0.2, 0.25) is 0 Å². The Hall–Kier alpha value is -4.35. The minimum Gasteiger partial charge on any atom is -0.497 e. The van der Waals surface area contributed by atoms with Crippen molar-refractivity contribution in [2.24, 2.45) is 0 Å². The molecule has 0 bridgehead atoms. The molecule has 3 N–H and O–H groups in total. The summed E-state index contributed by atoms with van der Waals surface area (Å²) >= 11 is 0. The quantitative estimate of drug-likeness (QED) is 0.403. The van der Waals surface area contributed by atoms with Crippen LogP contribution in [0.3, 0.4) is 0 Å². The Morgan fingerprint density at radius 1 is 1.18 bits per heavy atom. The number of carbonyl (C=O) groups excluding carboxylic acids is 1. The molecule has 4 aromatic rings. The first kappa shape index (κ1) is 24.3. The Morgan fingerprint density at radius 3 is 2.53 bits per heavy atom. The van der Waals surface area contributed by atoms with Crippen molar-refractivity contribution in [3.05, 3.63) is 66.1 Å². The Balaban J connectivity index is 0.000000406. The number of aliphatic carboxylic acids is 1. The van der Waals surface area contributed by atoms with E-state index in [2.05, 4.69) is 20.2 Å². The van der Waals surface area contributed by atoms with Crippen LogP contribution in [0.5, 0.6) is 5.75 Å². The summed E-state index contributed by atoms with van der Waals surface area (Å²) in [5.41, 5.74) is 3.87. The highest BCUT2D eigenvalue weighted by molar-refractivity contribution is 5.97. The van der Waals surface area contributed by atoms with Gasteiger partial charge < -0.3 is 19.7 Å². The number of H-pyrrole nitrogens is 2. The molecule has 0 aliphatic heterocycles.